The zero-order valence-electron chi connectivity index (χ0n) is 4.94. The van der Waals surface area contributed by atoms with Crippen molar-refractivity contribution in [1.82, 2.24) is 0 Å². The van der Waals surface area contributed by atoms with E-state index in [2.05, 4.69) is 0 Å². The maximum atomic E-state index is 12.0. The van der Waals surface area contributed by atoms with Crippen molar-refractivity contribution in [1.29, 1.82) is 0 Å². The van der Waals surface area contributed by atoms with Gasteiger partial charge in [0.15, 0.2) is 0 Å². The lowest BCUT2D eigenvalue weighted by Crippen LogP contribution is -1.83. The van der Waals surface area contributed by atoms with E-state index in [4.69, 9.17) is 0 Å². The molecule has 0 nitrogen and oxygen atoms in total. The predicted octanol–water partition coefficient (Wildman–Crippen LogP) is 2.56. The lowest BCUT2D eigenvalue weighted by Gasteiger charge is -1.95. The van der Waals surface area contributed by atoms with Crippen molar-refractivity contribution < 1.29 is 13.2 Å². The molecule has 0 fully saturated rings. The van der Waals surface area contributed by atoms with E-state index in [1.165, 1.54) is 0 Å². The largest absolute Gasteiger partial charge is 0.263 e. The quantitative estimate of drug-likeness (QED) is 0.569. The number of rotatable bonds is 1. The van der Waals surface area contributed by atoms with Gasteiger partial charge in [-0.25, -0.2) is 13.2 Å². The highest BCUT2D eigenvalue weighted by atomic mass is 19.3. The summed E-state index contributed by atoms with van der Waals surface area (Å²) in [7, 11) is 0. The third kappa shape index (κ3) is 1.50. The van der Waals surface area contributed by atoms with Crippen LogP contribution in [-0.4, -0.2) is 0 Å². The number of hydrogen-bond acceptors (Lipinski definition) is 0. The average molecular weight is 145 g/mol. The molecule has 0 N–H and O–H groups in total. The van der Waals surface area contributed by atoms with Crippen LogP contribution in [0.3, 0.4) is 0 Å². The number of benzene rings is 1. The summed E-state index contributed by atoms with van der Waals surface area (Å²) in [5.41, 5.74) is -0.207. The molecule has 10 heavy (non-hydrogen) atoms. The minimum absolute atomic E-state index is 0.207. The molecule has 1 radical (unpaired) electrons. The van der Waals surface area contributed by atoms with Crippen LogP contribution >= 0.6 is 0 Å². The van der Waals surface area contributed by atoms with E-state index in [9.17, 15) is 13.2 Å². The van der Waals surface area contributed by atoms with Crippen molar-refractivity contribution >= 4 is 0 Å². The second-order valence-corrected chi connectivity index (χ2v) is 1.77. The maximum Gasteiger partial charge on any atom is 0.263 e. The molecule has 3 heteroatoms. The van der Waals surface area contributed by atoms with Crippen molar-refractivity contribution in [2.45, 2.75) is 6.43 Å². The van der Waals surface area contributed by atoms with E-state index in [0.29, 0.717) is 0 Å². The summed E-state index contributed by atoms with van der Waals surface area (Å²) in [6.07, 6.45) is -2.54. The molecule has 0 atom stereocenters. The molecule has 0 heterocycles. The third-order valence-corrected chi connectivity index (χ3v) is 1.05. The fraction of sp³-hybridized carbons (Fsp3) is 0.143. The SMILES string of the molecule is Fc1[c]cc(C(F)F)cc1. The molecule has 0 saturated carbocycles. The van der Waals surface area contributed by atoms with Gasteiger partial charge in [0.1, 0.15) is 5.82 Å². The van der Waals surface area contributed by atoms with E-state index in [0.717, 1.165) is 18.2 Å². The van der Waals surface area contributed by atoms with Gasteiger partial charge < -0.3 is 0 Å². The molecule has 0 amide bonds. The van der Waals surface area contributed by atoms with E-state index in [1.807, 2.05) is 6.07 Å². The summed E-state index contributed by atoms with van der Waals surface area (Å²) >= 11 is 0. The number of halogens is 3. The highest BCUT2D eigenvalue weighted by Gasteiger charge is 2.04. The van der Waals surface area contributed by atoms with Gasteiger partial charge in [0, 0.05) is 11.6 Å². The monoisotopic (exact) mass is 145 g/mol. The predicted molar refractivity (Wildman–Crippen MR) is 30.2 cm³/mol. The molecule has 53 valence electrons. The van der Waals surface area contributed by atoms with E-state index < -0.39 is 12.2 Å². The molecule has 0 aliphatic carbocycles. The van der Waals surface area contributed by atoms with Crippen LogP contribution in [0.5, 0.6) is 0 Å². The number of alkyl halides is 2. The van der Waals surface area contributed by atoms with Gasteiger partial charge in [-0.2, -0.15) is 0 Å². The van der Waals surface area contributed by atoms with Crippen molar-refractivity contribution in [2.24, 2.45) is 0 Å². The van der Waals surface area contributed by atoms with E-state index in [1.54, 1.807) is 0 Å². The molecule has 0 unspecified atom stereocenters. The normalized spacial score (nSPS) is 10.4. The van der Waals surface area contributed by atoms with Gasteiger partial charge in [0.25, 0.3) is 6.43 Å². The lowest BCUT2D eigenvalue weighted by molar-refractivity contribution is 0.151. The van der Waals surface area contributed by atoms with Gasteiger partial charge in [-0.3, -0.25) is 0 Å². The van der Waals surface area contributed by atoms with Crippen molar-refractivity contribution in [3.8, 4) is 0 Å². The summed E-state index contributed by atoms with van der Waals surface area (Å²) < 4.78 is 35.6. The summed E-state index contributed by atoms with van der Waals surface area (Å²) in [6.45, 7) is 0. The third-order valence-electron chi connectivity index (χ3n) is 1.05. The Morgan fingerprint density at radius 1 is 1.30 bits per heavy atom. The second-order valence-electron chi connectivity index (χ2n) is 1.77. The van der Waals surface area contributed by atoms with Gasteiger partial charge in [-0.1, -0.05) is 6.07 Å². The fourth-order valence-electron chi connectivity index (χ4n) is 0.554. The Kier molecular flexibility index (Phi) is 1.94. The minimum Gasteiger partial charge on any atom is -0.206 e. The highest BCUT2D eigenvalue weighted by molar-refractivity contribution is 5.15. The van der Waals surface area contributed by atoms with Gasteiger partial charge in [0.05, 0.1) is 0 Å². The van der Waals surface area contributed by atoms with Crippen LogP contribution in [0.4, 0.5) is 13.2 Å². The standard InChI is InChI=1S/C7H4F3/c8-6-3-1-5(2-4-6)7(9)10/h1-3,7H. The van der Waals surface area contributed by atoms with Crippen LogP contribution in [-0.2, 0) is 0 Å². The maximum absolute atomic E-state index is 12.0. The van der Waals surface area contributed by atoms with Gasteiger partial charge >= 0.3 is 0 Å². The minimum atomic E-state index is -2.54. The van der Waals surface area contributed by atoms with Gasteiger partial charge in [-0.05, 0) is 12.1 Å². The molecule has 0 aliphatic rings. The Balaban J connectivity index is 2.89. The van der Waals surface area contributed by atoms with Crippen LogP contribution in [0.2, 0.25) is 0 Å². The summed E-state index contributed by atoms with van der Waals surface area (Å²) in [5.74, 6) is -0.621. The molecule has 0 spiro atoms. The first-order valence-electron chi connectivity index (χ1n) is 2.65. The van der Waals surface area contributed by atoms with Gasteiger partial charge in [0.2, 0.25) is 0 Å². The molecule has 0 saturated heterocycles. The highest BCUT2D eigenvalue weighted by Crippen LogP contribution is 2.17. The van der Waals surface area contributed by atoms with Gasteiger partial charge in [-0.15, -0.1) is 0 Å². The van der Waals surface area contributed by atoms with Crippen LogP contribution < -0.4 is 0 Å². The zero-order valence-corrected chi connectivity index (χ0v) is 4.94. The van der Waals surface area contributed by atoms with Crippen LogP contribution in [0.15, 0.2) is 18.2 Å². The molecule has 0 bridgehead atoms. The first-order chi connectivity index (χ1) is 4.70. The van der Waals surface area contributed by atoms with E-state index in [-0.39, 0.29) is 5.56 Å². The molecule has 0 aromatic heterocycles. The average Bonchev–Trinajstić information content (AvgIpc) is 1.88. The van der Waals surface area contributed by atoms with Crippen LogP contribution in [0, 0.1) is 11.9 Å². The Morgan fingerprint density at radius 2 is 2.00 bits per heavy atom. The Hall–Kier alpha value is -0.990. The second kappa shape index (κ2) is 2.73. The molecule has 0 aliphatic heterocycles. The molecular weight excluding hydrogens is 141 g/mol. The zero-order chi connectivity index (χ0) is 7.56. The van der Waals surface area contributed by atoms with Crippen molar-refractivity contribution in [3.63, 3.8) is 0 Å². The lowest BCUT2D eigenvalue weighted by atomic mass is 10.2. The first-order valence-corrected chi connectivity index (χ1v) is 2.65. The van der Waals surface area contributed by atoms with Crippen LogP contribution in [0.25, 0.3) is 0 Å². The topological polar surface area (TPSA) is 0 Å². The molecular formula is C7H4F3. The van der Waals surface area contributed by atoms with Crippen molar-refractivity contribution in [2.75, 3.05) is 0 Å². The summed E-state index contributed by atoms with van der Waals surface area (Å²) in [5, 5.41) is 0. The molecule has 1 aromatic rings. The first kappa shape index (κ1) is 7.12. The number of hydrogen-bond donors (Lipinski definition) is 0. The summed E-state index contributed by atoms with van der Waals surface area (Å²) in [6, 6.07) is 4.98. The Bertz CT molecular complexity index is 203. The fourth-order valence-corrected chi connectivity index (χ4v) is 0.554. The van der Waals surface area contributed by atoms with E-state index >= 15 is 0 Å². The molecule has 1 rings (SSSR count). The Morgan fingerprint density at radius 3 is 2.40 bits per heavy atom. The summed E-state index contributed by atoms with van der Waals surface area (Å²) in [4.78, 5) is 0. The Labute approximate surface area is 56.3 Å². The van der Waals surface area contributed by atoms with Crippen molar-refractivity contribution in [3.05, 3.63) is 35.6 Å². The molecule has 1 aromatic carbocycles. The van der Waals surface area contributed by atoms with Crippen LogP contribution in [0.1, 0.15) is 12.0 Å². The smallest absolute Gasteiger partial charge is 0.206 e.